The average Bonchev–Trinajstić information content (AvgIpc) is 2.96. The van der Waals surface area contributed by atoms with Gasteiger partial charge in [-0.15, -0.1) is 11.3 Å². The van der Waals surface area contributed by atoms with Gasteiger partial charge in [0.15, 0.2) is 0 Å². The first-order valence-corrected chi connectivity index (χ1v) is 8.29. The first-order valence-electron chi connectivity index (χ1n) is 7.41. The summed E-state index contributed by atoms with van der Waals surface area (Å²) in [5.41, 5.74) is 1.80. The first kappa shape index (κ1) is 16.6. The van der Waals surface area contributed by atoms with Crippen molar-refractivity contribution in [2.45, 2.75) is 19.3 Å². The highest BCUT2D eigenvalue weighted by molar-refractivity contribution is 7.13. The van der Waals surface area contributed by atoms with Crippen molar-refractivity contribution in [1.29, 1.82) is 0 Å². The van der Waals surface area contributed by atoms with Gasteiger partial charge in [-0.05, 0) is 45.6 Å². The van der Waals surface area contributed by atoms with E-state index in [0.717, 1.165) is 42.2 Å². The number of amides is 1. The van der Waals surface area contributed by atoms with E-state index in [0.29, 0.717) is 6.42 Å². The highest BCUT2D eigenvalue weighted by atomic mass is 32.1. The number of hydrogen-bond donors (Lipinski definition) is 1. The molecule has 2 rings (SSSR count). The summed E-state index contributed by atoms with van der Waals surface area (Å²) >= 11 is 1.54. The Hall–Kier alpha value is -1.79. The number of pyridine rings is 1. The van der Waals surface area contributed by atoms with Crippen molar-refractivity contribution in [2.75, 3.05) is 27.2 Å². The van der Waals surface area contributed by atoms with Crippen molar-refractivity contribution in [1.82, 2.24) is 20.2 Å². The zero-order chi connectivity index (χ0) is 15.8. The van der Waals surface area contributed by atoms with E-state index in [1.807, 2.05) is 17.5 Å². The molecule has 0 saturated heterocycles. The fourth-order valence-electron chi connectivity index (χ4n) is 2.02. The van der Waals surface area contributed by atoms with Gasteiger partial charge < -0.3 is 10.2 Å². The number of hydrogen-bond acceptors (Lipinski definition) is 5. The van der Waals surface area contributed by atoms with E-state index in [9.17, 15) is 4.79 Å². The van der Waals surface area contributed by atoms with Crippen LogP contribution in [-0.2, 0) is 11.2 Å². The molecule has 0 bridgehead atoms. The summed E-state index contributed by atoms with van der Waals surface area (Å²) in [4.78, 5) is 22.6. The molecule has 5 nitrogen and oxygen atoms in total. The quantitative estimate of drug-likeness (QED) is 0.758. The lowest BCUT2D eigenvalue weighted by Gasteiger charge is -2.09. The van der Waals surface area contributed by atoms with E-state index < -0.39 is 0 Å². The normalized spacial score (nSPS) is 10.9. The number of nitrogens with one attached hydrogen (secondary N) is 1. The SMILES string of the molecule is CN(C)CCCCNC(=O)Cc1csc(-c2cccnc2)n1. The van der Waals surface area contributed by atoms with Crippen molar-refractivity contribution < 1.29 is 4.79 Å². The van der Waals surface area contributed by atoms with Gasteiger partial charge >= 0.3 is 0 Å². The average molecular weight is 318 g/mol. The predicted molar refractivity (Wildman–Crippen MR) is 89.8 cm³/mol. The Morgan fingerprint density at radius 1 is 1.36 bits per heavy atom. The second-order valence-corrected chi connectivity index (χ2v) is 6.28. The van der Waals surface area contributed by atoms with Gasteiger partial charge in [0.25, 0.3) is 0 Å². The third-order valence-corrected chi connectivity index (χ3v) is 4.10. The Morgan fingerprint density at radius 2 is 2.23 bits per heavy atom. The van der Waals surface area contributed by atoms with Crippen LogP contribution in [0.4, 0.5) is 0 Å². The molecule has 1 N–H and O–H groups in total. The van der Waals surface area contributed by atoms with E-state index in [1.54, 1.807) is 23.7 Å². The fourth-order valence-corrected chi connectivity index (χ4v) is 2.83. The zero-order valence-electron chi connectivity index (χ0n) is 13.1. The number of aromatic nitrogens is 2. The van der Waals surface area contributed by atoms with Gasteiger partial charge in [0, 0.05) is 29.9 Å². The Kier molecular flexibility index (Phi) is 6.48. The molecule has 22 heavy (non-hydrogen) atoms. The molecule has 118 valence electrons. The molecule has 2 aromatic heterocycles. The molecule has 0 aliphatic heterocycles. The number of rotatable bonds is 8. The lowest BCUT2D eigenvalue weighted by atomic mass is 10.2. The minimum absolute atomic E-state index is 0.0351. The van der Waals surface area contributed by atoms with E-state index in [4.69, 9.17) is 0 Å². The molecule has 0 aromatic carbocycles. The van der Waals surface area contributed by atoms with Crippen LogP contribution in [0.2, 0.25) is 0 Å². The van der Waals surface area contributed by atoms with Gasteiger partial charge in [-0.25, -0.2) is 4.98 Å². The largest absolute Gasteiger partial charge is 0.356 e. The van der Waals surface area contributed by atoms with Gasteiger partial charge in [-0.2, -0.15) is 0 Å². The number of carbonyl (C=O) groups is 1. The van der Waals surface area contributed by atoms with Crippen LogP contribution >= 0.6 is 11.3 Å². The summed E-state index contributed by atoms with van der Waals surface area (Å²) in [6.07, 6.45) is 5.96. The van der Waals surface area contributed by atoms with Gasteiger partial charge in [-0.1, -0.05) is 0 Å². The fraction of sp³-hybridized carbons (Fsp3) is 0.438. The number of nitrogens with zero attached hydrogens (tertiary/aromatic N) is 3. The number of thiazole rings is 1. The summed E-state index contributed by atoms with van der Waals surface area (Å²) in [6, 6.07) is 3.86. The van der Waals surface area contributed by atoms with Crippen molar-refractivity contribution >= 4 is 17.2 Å². The minimum atomic E-state index is 0.0351. The minimum Gasteiger partial charge on any atom is -0.356 e. The number of carbonyl (C=O) groups excluding carboxylic acids is 1. The van der Waals surface area contributed by atoms with Crippen molar-refractivity contribution in [2.24, 2.45) is 0 Å². The van der Waals surface area contributed by atoms with Crippen LogP contribution in [0.5, 0.6) is 0 Å². The van der Waals surface area contributed by atoms with Crippen LogP contribution in [0.25, 0.3) is 10.6 Å². The molecule has 6 heteroatoms. The summed E-state index contributed by atoms with van der Waals surface area (Å²) in [7, 11) is 4.11. The highest BCUT2D eigenvalue weighted by Gasteiger charge is 2.08. The molecule has 0 radical (unpaired) electrons. The van der Waals surface area contributed by atoms with E-state index in [1.165, 1.54) is 0 Å². The van der Waals surface area contributed by atoms with Crippen LogP contribution in [-0.4, -0.2) is 48.0 Å². The predicted octanol–water partition coefficient (Wildman–Crippen LogP) is 2.21. The maximum Gasteiger partial charge on any atom is 0.226 e. The molecule has 0 atom stereocenters. The second kappa shape index (κ2) is 8.60. The van der Waals surface area contributed by atoms with Gasteiger partial charge in [-0.3, -0.25) is 9.78 Å². The molecule has 1 amide bonds. The molecule has 0 unspecified atom stereocenters. The van der Waals surface area contributed by atoms with Crippen LogP contribution in [0.15, 0.2) is 29.9 Å². The molecular formula is C16H22N4OS. The van der Waals surface area contributed by atoms with E-state index >= 15 is 0 Å². The first-order chi connectivity index (χ1) is 10.6. The second-order valence-electron chi connectivity index (χ2n) is 5.42. The van der Waals surface area contributed by atoms with Crippen LogP contribution in [0, 0.1) is 0 Å². The summed E-state index contributed by atoms with van der Waals surface area (Å²) < 4.78 is 0. The van der Waals surface area contributed by atoms with E-state index in [-0.39, 0.29) is 5.91 Å². The Labute approximate surface area is 135 Å². The molecule has 0 fully saturated rings. The molecule has 0 aliphatic carbocycles. The summed E-state index contributed by atoms with van der Waals surface area (Å²) in [5, 5.41) is 5.79. The van der Waals surface area contributed by atoms with Gasteiger partial charge in [0.05, 0.1) is 12.1 Å². The van der Waals surface area contributed by atoms with Crippen molar-refractivity contribution in [3.63, 3.8) is 0 Å². The topological polar surface area (TPSA) is 58.1 Å². The van der Waals surface area contributed by atoms with Crippen LogP contribution in [0.1, 0.15) is 18.5 Å². The molecule has 0 aliphatic rings. The highest BCUT2D eigenvalue weighted by Crippen LogP contribution is 2.22. The maximum absolute atomic E-state index is 11.9. The smallest absolute Gasteiger partial charge is 0.226 e. The van der Waals surface area contributed by atoms with Crippen LogP contribution < -0.4 is 5.32 Å². The lowest BCUT2D eigenvalue weighted by Crippen LogP contribution is -2.26. The Balaban J connectivity index is 1.74. The molecule has 2 heterocycles. The Morgan fingerprint density at radius 3 is 2.95 bits per heavy atom. The molecule has 2 aromatic rings. The third-order valence-electron chi connectivity index (χ3n) is 3.16. The number of unbranched alkanes of at least 4 members (excludes halogenated alkanes) is 1. The van der Waals surface area contributed by atoms with Gasteiger partial charge in [0.1, 0.15) is 5.01 Å². The van der Waals surface area contributed by atoms with E-state index in [2.05, 4.69) is 34.3 Å². The Bertz CT molecular complexity index is 583. The zero-order valence-corrected chi connectivity index (χ0v) is 13.9. The molecule has 0 saturated carbocycles. The standard InChI is InChI=1S/C16H22N4OS/c1-20(2)9-4-3-8-18-15(21)10-14-12-22-16(19-14)13-6-5-7-17-11-13/h5-7,11-12H,3-4,8-10H2,1-2H3,(H,18,21). The third kappa shape index (κ3) is 5.54. The van der Waals surface area contributed by atoms with Crippen molar-refractivity contribution in [3.8, 4) is 10.6 Å². The monoisotopic (exact) mass is 318 g/mol. The van der Waals surface area contributed by atoms with Gasteiger partial charge in [0.2, 0.25) is 5.91 Å². The lowest BCUT2D eigenvalue weighted by molar-refractivity contribution is -0.120. The maximum atomic E-state index is 11.9. The summed E-state index contributed by atoms with van der Waals surface area (Å²) in [6.45, 7) is 1.78. The summed E-state index contributed by atoms with van der Waals surface area (Å²) in [5.74, 6) is 0.0351. The molecular weight excluding hydrogens is 296 g/mol. The van der Waals surface area contributed by atoms with Crippen LogP contribution in [0.3, 0.4) is 0 Å². The molecule has 0 spiro atoms. The van der Waals surface area contributed by atoms with Crippen molar-refractivity contribution in [3.05, 3.63) is 35.6 Å².